The molecule has 1 aromatic carbocycles. The molecule has 0 aliphatic carbocycles. The van der Waals surface area contributed by atoms with E-state index in [4.69, 9.17) is 11.6 Å². The van der Waals surface area contributed by atoms with Crippen LogP contribution in [0.4, 0.5) is 0 Å². The highest BCUT2D eigenvalue weighted by Crippen LogP contribution is 2.22. The molecule has 0 aliphatic heterocycles. The van der Waals surface area contributed by atoms with Gasteiger partial charge in [0.15, 0.2) is 5.78 Å². The van der Waals surface area contributed by atoms with Crippen LogP contribution in [0, 0.1) is 0 Å². The Bertz CT molecular complexity index is 634. The fourth-order valence-corrected chi connectivity index (χ4v) is 2.87. The average Bonchev–Trinajstić information content (AvgIpc) is 2.89. The zero-order chi connectivity index (χ0) is 14.5. The summed E-state index contributed by atoms with van der Waals surface area (Å²) in [4.78, 5) is 24.8. The van der Waals surface area contributed by atoms with E-state index in [2.05, 4.69) is 4.74 Å². The number of methoxy groups -OCH3 is 1. The Hall–Kier alpha value is -1.65. The SMILES string of the molecule is COC(=O)Cc1ccc(C(=O)Cc2ccccc2Cl)s1. The molecule has 0 aliphatic rings. The van der Waals surface area contributed by atoms with Crippen LogP contribution in [-0.4, -0.2) is 18.9 Å². The van der Waals surface area contributed by atoms with Crippen molar-refractivity contribution < 1.29 is 14.3 Å². The Balaban J connectivity index is 2.07. The fraction of sp³-hybridized carbons (Fsp3) is 0.200. The summed E-state index contributed by atoms with van der Waals surface area (Å²) in [7, 11) is 1.35. The molecular weight excluding hydrogens is 296 g/mol. The smallest absolute Gasteiger partial charge is 0.310 e. The van der Waals surface area contributed by atoms with Crippen molar-refractivity contribution in [2.24, 2.45) is 0 Å². The molecular formula is C15H13ClO3S. The minimum Gasteiger partial charge on any atom is -0.469 e. The van der Waals surface area contributed by atoms with Gasteiger partial charge in [-0.1, -0.05) is 29.8 Å². The highest BCUT2D eigenvalue weighted by atomic mass is 35.5. The summed E-state index contributed by atoms with van der Waals surface area (Å²) in [6.45, 7) is 0. The van der Waals surface area contributed by atoms with E-state index in [-0.39, 0.29) is 24.6 Å². The van der Waals surface area contributed by atoms with E-state index in [1.165, 1.54) is 18.4 Å². The van der Waals surface area contributed by atoms with E-state index in [1.807, 2.05) is 18.2 Å². The second kappa shape index (κ2) is 6.68. The van der Waals surface area contributed by atoms with Gasteiger partial charge in [-0.2, -0.15) is 0 Å². The fourth-order valence-electron chi connectivity index (χ4n) is 1.74. The van der Waals surface area contributed by atoms with Crippen molar-refractivity contribution in [2.45, 2.75) is 12.8 Å². The van der Waals surface area contributed by atoms with E-state index >= 15 is 0 Å². The summed E-state index contributed by atoms with van der Waals surface area (Å²) in [5.41, 5.74) is 0.807. The third-order valence-electron chi connectivity index (χ3n) is 2.79. The Labute approximate surface area is 126 Å². The maximum Gasteiger partial charge on any atom is 0.310 e. The van der Waals surface area contributed by atoms with Gasteiger partial charge in [0.25, 0.3) is 0 Å². The van der Waals surface area contributed by atoms with Crippen molar-refractivity contribution in [3.63, 3.8) is 0 Å². The van der Waals surface area contributed by atoms with Gasteiger partial charge < -0.3 is 4.74 Å². The van der Waals surface area contributed by atoms with Gasteiger partial charge in [0.1, 0.15) is 0 Å². The second-order valence-electron chi connectivity index (χ2n) is 4.21. The summed E-state index contributed by atoms with van der Waals surface area (Å²) in [5.74, 6) is -0.309. The van der Waals surface area contributed by atoms with Gasteiger partial charge in [-0.3, -0.25) is 9.59 Å². The largest absolute Gasteiger partial charge is 0.469 e. The number of thiophene rings is 1. The summed E-state index contributed by atoms with van der Waals surface area (Å²) in [5, 5.41) is 0.590. The summed E-state index contributed by atoms with van der Waals surface area (Å²) >= 11 is 7.35. The van der Waals surface area contributed by atoms with Crippen LogP contribution in [0.1, 0.15) is 20.1 Å². The second-order valence-corrected chi connectivity index (χ2v) is 5.79. The zero-order valence-electron chi connectivity index (χ0n) is 10.9. The number of ketones is 1. The Morgan fingerprint density at radius 2 is 1.90 bits per heavy atom. The van der Waals surface area contributed by atoms with Crippen molar-refractivity contribution >= 4 is 34.7 Å². The number of rotatable bonds is 5. The van der Waals surface area contributed by atoms with Crippen molar-refractivity contribution in [3.05, 3.63) is 56.7 Å². The molecule has 5 heteroatoms. The lowest BCUT2D eigenvalue weighted by molar-refractivity contribution is -0.139. The van der Waals surface area contributed by atoms with E-state index < -0.39 is 0 Å². The molecule has 0 saturated heterocycles. The number of carbonyl (C=O) groups excluding carboxylic acids is 2. The minimum absolute atomic E-state index is 0.000726. The van der Waals surface area contributed by atoms with E-state index in [1.54, 1.807) is 18.2 Å². The highest BCUT2D eigenvalue weighted by molar-refractivity contribution is 7.14. The molecule has 0 saturated carbocycles. The van der Waals surface area contributed by atoms with Gasteiger partial charge in [-0.05, 0) is 23.8 Å². The Morgan fingerprint density at radius 3 is 2.60 bits per heavy atom. The van der Waals surface area contributed by atoms with Gasteiger partial charge >= 0.3 is 5.97 Å². The lowest BCUT2D eigenvalue weighted by atomic mass is 10.1. The average molecular weight is 309 g/mol. The predicted octanol–water partition coefficient (Wildman–Crippen LogP) is 3.54. The van der Waals surface area contributed by atoms with E-state index in [0.717, 1.165) is 10.4 Å². The van der Waals surface area contributed by atoms with Crippen LogP contribution in [0.3, 0.4) is 0 Å². The van der Waals surface area contributed by atoms with Crippen LogP contribution >= 0.6 is 22.9 Å². The van der Waals surface area contributed by atoms with Crippen molar-refractivity contribution in [1.82, 2.24) is 0 Å². The number of benzene rings is 1. The first-order valence-electron chi connectivity index (χ1n) is 6.02. The molecule has 0 spiro atoms. The van der Waals surface area contributed by atoms with E-state index in [9.17, 15) is 9.59 Å². The quantitative estimate of drug-likeness (QED) is 0.627. The van der Waals surface area contributed by atoms with Gasteiger partial charge in [-0.25, -0.2) is 0 Å². The molecule has 104 valence electrons. The monoisotopic (exact) mass is 308 g/mol. The Kier molecular flexibility index (Phi) is 4.93. The minimum atomic E-state index is -0.308. The normalized spacial score (nSPS) is 10.3. The van der Waals surface area contributed by atoms with Crippen molar-refractivity contribution in [2.75, 3.05) is 7.11 Å². The van der Waals surface area contributed by atoms with Crippen LogP contribution in [-0.2, 0) is 22.4 Å². The third-order valence-corrected chi connectivity index (χ3v) is 4.29. The number of esters is 1. The predicted molar refractivity (Wildman–Crippen MR) is 79.5 cm³/mol. The van der Waals surface area contributed by atoms with Gasteiger partial charge in [0, 0.05) is 16.3 Å². The summed E-state index contributed by atoms with van der Waals surface area (Å²) in [6, 6.07) is 10.8. The van der Waals surface area contributed by atoms with Crippen LogP contribution < -0.4 is 0 Å². The van der Waals surface area contributed by atoms with Crippen molar-refractivity contribution in [1.29, 1.82) is 0 Å². The van der Waals surface area contributed by atoms with E-state index in [0.29, 0.717) is 9.90 Å². The number of ether oxygens (including phenoxy) is 1. The molecule has 0 N–H and O–H groups in total. The first-order valence-corrected chi connectivity index (χ1v) is 7.21. The summed E-state index contributed by atoms with van der Waals surface area (Å²) < 4.78 is 4.60. The molecule has 0 bridgehead atoms. The first-order chi connectivity index (χ1) is 9.60. The molecule has 2 aromatic rings. The van der Waals surface area contributed by atoms with Crippen LogP contribution in [0.5, 0.6) is 0 Å². The third kappa shape index (κ3) is 3.68. The molecule has 20 heavy (non-hydrogen) atoms. The lowest BCUT2D eigenvalue weighted by Crippen LogP contribution is -2.03. The number of halogens is 1. The molecule has 1 heterocycles. The standard InChI is InChI=1S/C15H13ClO3S/c1-19-15(18)9-11-6-7-14(20-11)13(17)8-10-4-2-3-5-12(10)16/h2-7H,8-9H2,1H3. The lowest BCUT2D eigenvalue weighted by Gasteiger charge is -2.01. The number of Topliss-reactive ketones (excluding diaryl/α,β-unsaturated/α-hetero) is 1. The molecule has 0 atom stereocenters. The molecule has 2 rings (SSSR count). The Morgan fingerprint density at radius 1 is 1.15 bits per heavy atom. The molecule has 1 aromatic heterocycles. The maximum absolute atomic E-state index is 12.2. The van der Waals surface area contributed by atoms with Crippen LogP contribution in [0.15, 0.2) is 36.4 Å². The van der Waals surface area contributed by atoms with Gasteiger partial charge in [0.05, 0.1) is 18.4 Å². The van der Waals surface area contributed by atoms with Gasteiger partial charge in [-0.15, -0.1) is 11.3 Å². The maximum atomic E-state index is 12.2. The highest BCUT2D eigenvalue weighted by Gasteiger charge is 2.13. The number of hydrogen-bond acceptors (Lipinski definition) is 4. The van der Waals surface area contributed by atoms with Crippen LogP contribution in [0.25, 0.3) is 0 Å². The molecule has 0 fully saturated rings. The number of carbonyl (C=O) groups is 2. The topological polar surface area (TPSA) is 43.4 Å². The van der Waals surface area contributed by atoms with Crippen LogP contribution in [0.2, 0.25) is 5.02 Å². The molecule has 0 radical (unpaired) electrons. The van der Waals surface area contributed by atoms with Crippen molar-refractivity contribution in [3.8, 4) is 0 Å². The molecule has 0 amide bonds. The molecule has 0 unspecified atom stereocenters. The first kappa shape index (κ1) is 14.8. The number of hydrogen-bond donors (Lipinski definition) is 0. The van der Waals surface area contributed by atoms with Gasteiger partial charge in [0.2, 0.25) is 0 Å². The zero-order valence-corrected chi connectivity index (χ0v) is 12.5. The molecule has 3 nitrogen and oxygen atoms in total. The summed E-state index contributed by atoms with van der Waals surface area (Å²) in [6.07, 6.45) is 0.457.